The highest BCUT2D eigenvalue weighted by Crippen LogP contribution is 2.29. The molecule has 0 radical (unpaired) electrons. The van der Waals surface area contributed by atoms with Gasteiger partial charge >= 0.3 is 11.0 Å². The van der Waals surface area contributed by atoms with Crippen molar-refractivity contribution in [2.45, 2.75) is 39.2 Å². The van der Waals surface area contributed by atoms with Gasteiger partial charge in [0.15, 0.2) is 6.61 Å². The highest BCUT2D eigenvalue weighted by molar-refractivity contribution is 7.17. The van der Waals surface area contributed by atoms with E-state index >= 15 is 0 Å². The molecule has 7 nitrogen and oxygen atoms in total. The maximum absolute atomic E-state index is 11.9. The molecule has 0 bridgehead atoms. The van der Waals surface area contributed by atoms with E-state index < -0.39 is 10.9 Å². The monoisotopic (exact) mass is 340 g/mol. The fourth-order valence-electron chi connectivity index (χ4n) is 2.77. The van der Waals surface area contributed by atoms with Crippen LogP contribution in [0.5, 0.6) is 0 Å². The Balaban J connectivity index is 1.81. The number of amides is 1. The molecule has 1 fully saturated rings. The topological polar surface area (TPSA) is 98.5 Å². The first-order valence-corrected chi connectivity index (χ1v) is 8.41. The molecule has 1 aromatic heterocycles. The Hall–Kier alpha value is -1.96. The molecule has 0 spiro atoms. The Bertz CT molecular complexity index is 600. The highest BCUT2D eigenvalue weighted by Gasteiger charge is 2.28. The van der Waals surface area contributed by atoms with Crippen molar-refractivity contribution in [2.24, 2.45) is 11.8 Å². The molecule has 8 heteroatoms. The number of carbonyl (C=O) groups excluding carboxylic acids is 2. The second-order valence-electron chi connectivity index (χ2n) is 5.91. The van der Waals surface area contributed by atoms with Gasteiger partial charge in [-0.3, -0.25) is 14.9 Å². The van der Waals surface area contributed by atoms with Gasteiger partial charge in [0.2, 0.25) is 0 Å². The van der Waals surface area contributed by atoms with Crippen molar-refractivity contribution < 1.29 is 19.2 Å². The lowest BCUT2D eigenvalue weighted by Crippen LogP contribution is -2.45. The number of esters is 1. The van der Waals surface area contributed by atoms with Gasteiger partial charge in [0.25, 0.3) is 5.91 Å². The van der Waals surface area contributed by atoms with Gasteiger partial charge in [0.05, 0.1) is 4.92 Å². The quantitative estimate of drug-likeness (QED) is 0.505. The molecule has 1 aliphatic rings. The molecule has 1 heterocycles. The summed E-state index contributed by atoms with van der Waals surface area (Å²) in [6, 6.07) is 2.67. The van der Waals surface area contributed by atoms with Crippen LogP contribution in [0.4, 0.5) is 5.00 Å². The zero-order valence-corrected chi connectivity index (χ0v) is 13.9. The molecule has 0 unspecified atom stereocenters. The van der Waals surface area contributed by atoms with E-state index in [0.717, 1.165) is 24.2 Å². The number of thiophene rings is 1. The molecule has 1 aromatic rings. The maximum Gasteiger partial charge on any atom is 0.349 e. The van der Waals surface area contributed by atoms with Crippen molar-refractivity contribution in [1.82, 2.24) is 5.32 Å². The maximum atomic E-state index is 11.9. The third-order valence-electron chi connectivity index (χ3n) is 4.36. The summed E-state index contributed by atoms with van der Waals surface area (Å²) in [4.78, 5) is 33.8. The van der Waals surface area contributed by atoms with Crippen LogP contribution in [-0.2, 0) is 9.53 Å². The van der Waals surface area contributed by atoms with Crippen molar-refractivity contribution in [3.63, 3.8) is 0 Å². The van der Waals surface area contributed by atoms with E-state index in [9.17, 15) is 19.7 Å². The second-order valence-corrected chi connectivity index (χ2v) is 6.97. The largest absolute Gasteiger partial charge is 0.451 e. The van der Waals surface area contributed by atoms with Gasteiger partial charge in [-0.2, -0.15) is 0 Å². The third-order valence-corrected chi connectivity index (χ3v) is 5.38. The summed E-state index contributed by atoms with van der Waals surface area (Å²) in [5.41, 5.74) is 0. The minimum atomic E-state index is -0.719. The fourth-order valence-corrected chi connectivity index (χ4v) is 3.49. The van der Waals surface area contributed by atoms with E-state index in [1.165, 1.54) is 18.6 Å². The third kappa shape index (κ3) is 4.51. The van der Waals surface area contributed by atoms with Gasteiger partial charge in [-0.05, 0) is 24.3 Å². The average Bonchev–Trinajstić information content (AvgIpc) is 3.00. The lowest BCUT2D eigenvalue weighted by molar-refractivity contribution is -0.380. The van der Waals surface area contributed by atoms with Crippen LogP contribution < -0.4 is 5.32 Å². The van der Waals surface area contributed by atoms with Crippen LogP contribution in [0.15, 0.2) is 12.1 Å². The Labute approximate surface area is 138 Å². The second kappa shape index (κ2) is 7.54. The normalized spacial score (nSPS) is 24.0. The number of ether oxygens (including phenoxy) is 1. The van der Waals surface area contributed by atoms with Crippen LogP contribution in [0.25, 0.3) is 0 Å². The molecule has 1 N–H and O–H groups in total. The Morgan fingerprint density at radius 3 is 2.78 bits per heavy atom. The zero-order valence-electron chi connectivity index (χ0n) is 13.1. The van der Waals surface area contributed by atoms with Crippen molar-refractivity contribution in [3.05, 3.63) is 27.1 Å². The van der Waals surface area contributed by atoms with Crippen molar-refractivity contribution in [3.8, 4) is 0 Å². The Morgan fingerprint density at radius 2 is 2.13 bits per heavy atom. The van der Waals surface area contributed by atoms with Gasteiger partial charge in [-0.15, -0.1) is 0 Å². The number of rotatable bonds is 5. The number of nitrogens with zero attached hydrogens (tertiary/aromatic N) is 1. The molecule has 126 valence electrons. The van der Waals surface area contributed by atoms with E-state index in [4.69, 9.17) is 4.74 Å². The summed E-state index contributed by atoms with van der Waals surface area (Å²) in [5.74, 6) is -0.106. The molecular formula is C15H20N2O5S. The van der Waals surface area contributed by atoms with E-state index in [1.54, 1.807) is 0 Å². The van der Waals surface area contributed by atoms with Gasteiger partial charge < -0.3 is 10.1 Å². The zero-order chi connectivity index (χ0) is 17.0. The van der Waals surface area contributed by atoms with Crippen molar-refractivity contribution in [2.75, 3.05) is 6.61 Å². The number of hydrogen-bond acceptors (Lipinski definition) is 6. The first kappa shape index (κ1) is 17.4. The Morgan fingerprint density at radius 1 is 1.39 bits per heavy atom. The summed E-state index contributed by atoms with van der Waals surface area (Å²) in [7, 11) is 0. The average molecular weight is 340 g/mol. The number of nitro groups is 1. The van der Waals surface area contributed by atoms with E-state index in [-0.39, 0.29) is 28.4 Å². The van der Waals surface area contributed by atoms with E-state index in [1.807, 2.05) is 0 Å². The predicted octanol–water partition coefficient (Wildman–Crippen LogP) is 2.75. The Kier molecular flexibility index (Phi) is 5.70. The standard InChI is InChI=1S/C15H20N2O5S/c1-9-4-3-5-11(10(9)2)16-13(18)8-22-15(19)12-6-7-14(23-12)17(20)21/h6-7,9-11H,3-5,8H2,1-2H3,(H,16,18)/t9-,10+,11-/m0/s1. The molecular weight excluding hydrogens is 320 g/mol. The predicted molar refractivity (Wildman–Crippen MR) is 85.4 cm³/mol. The van der Waals surface area contributed by atoms with Crippen LogP contribution in [0.3, 0.4) is 0 Å². The number of hydrogen-bond donors (Lipinski definition) is 1. The van der Waals surface area contributed by atoms with Crippen LogP contribution >= 0.6 is 11.3 Å². The molecule has 3 atom stereocenters. The first-order valence-electron chi connectivity index (χ1n) is 7.59. The molecule has 0 aliphatic heterocycles. The molecule has 1 amide bonds. The molecule has 1 saturated carbocycles. The SMILES string of the molecule is C[C@H]1[C@@H](NC(=O)COC(=O)c2ccc([N+](=O)[O-])s2)CCC[C@@H]1C. The van der Waals surface area contributed by atoms with Crippen LogP contribution in [0.2, 0.25) is 0 Å². The number of nitrogens with one attached hydrogen (secondary N) is 1. The van der Waals surface area contributed by atoms with Gasteiger partial charge in [-0.1, -0.05) is 38.0 Å². The van der Waals surface area contributed by atoms with E-state index in [0.29, 0.717) is 11.8 Å². The molecule has 1 aliphatic carbocycles. The van der Waals surface area contributed by atoms with E-state index in [2.05, 4.69) is 19.2 Å². The van der Waals surface area contributed by atoms with Crippen molar-refractivity contribution in [1.29, 1.82) is 0 Å². The fraction of sp³-hybridized carbons (Fsp3) is 0.600. The van der Waals surface area contributed by atoms with Gasteiger partial charge in [0.1, 0.15) is 4.88 Å². The minimum Gasteiger partial charge on any atom is -0.451 e. The van der Waals surface area contributed by atoms with Crippen LogP contribution in [-0.4, -0.2) is 29.4 Å². The summed E-state index contributed by atoms with van der Waals surface area (Å²) in [5, 5.41) is 13.4. The molecule has 23 heavy (non-hydrogen) atoms. The van der Waals surface area contributed by atoms with Crippen LogP contribution in [0, 0.1) is 22.0 Å². The summed E-state index contributed by atoms with van der Waals surface area (Å²) in [6.07, 6.45) is 3.18. The van der Waals surface area contributed by atoms with Crippen LogP contribution in [0.1, 0.15) is 42.8 Å². The molecule has 0 saturated heterocycles. The summed E-state index contributed by atoms with van der Waals surface area (Å²) < 4.78 is 4.92. The molecule has 2 rings (SSSR count). The highest BCUT2D eigenvalue weighted by atomic mass is 32.1. The van der Waals surface area contributed by atoms with Crippen molar-refractivity contribution >= 4 is 28.2 Å². The number of carbonyl (C=O) groups is 2. The summed E-state index contributed by atoms with van der Waals surface area (Å²) in [6.45, 7) is 3.92. The minimum absolute atomic E-state index is 0.104. The lowest BCUT2D eigenvalue weighted by atomic mass is 9.78. The van der Waals surface area contributed by atoms with Gasteiger partial charge in [-0.25, -0.2) is 4.79 Å². The molecule has 0 aromatic carbocycles. The smallest absolute Gasteiger partial charge is 0.349 e. The van der Waals surface area contributed by atoms with Gasteiger partial charge in [0, 0.05) is 12.1 Å². The summed E-state index contributed by atoms with van der Waals surface area (Å²) >= 11 is 0.732. The first-order chi connectivity index (χ1) is 10.9. The lowest BCUT2D eigenvalue weighted by Gasteiger charge is -2.34.